The number of anilines is 1. The SMILES string of the molecule is CN(C)CCNC(=O)Cn1cc(NC(=O)C2CC3CCCCC3N2)cn1. The molecule has 3 rings (SSSR count). The lowest BCUT2D eigenvalue weighted by Gasteiger charge is -2.24. The number of likely N-dealkylation sites (N-methyl/N-ethyl adjacent to an activating group) is 1. The van der Waals surface area contributed by atoms with Crippen LogP contribution in [0.5, 0.6) is 0 Å². The van der Waals surface area contributed by atoms with Crippen LogP contribution in [0.25, 0.3) is 0 Å². The van der Waals surface area contributed by atoms with Crippen LogP contribution in [-0.2, 0) is 16.1 Å². The zero-order valence-corrected chi connectivity index (χ0v) is 15.7. The average Bonchev–Trinajstić information content (AvgIpc) is 3.21. The second-order valence-electron chi connectivity index (χ2n) is 7.68. The number of amides is 2. The van der Waals surface area contributed by atoms with Gasteiger partial charge >= 0.3 is 0 Å². The second kappa shape index (κ2) is 8.64. The summed E-state index contributed by atoms with van der Waals surface area (Å²) in [6.45, 7) is 1.55. The number of hydrogen-bond donors (Lipinski definition) is 3. The first-order valence-corrected chi connectivity index (χ1v) is 9.52. The van der Waals surface area contributed by atoms with Gasteiger partial charge in [-0.1, -0.05) is 12.8 Å². The number of aromatic nitrogens is 2. The lowest BCUT2D eigenvalue weighted by Crippen LogP contribution is -2.39. The zero-order valence-electron chi connectivity index (χ0n) is 15.7. The number of nitrogens with one attached hydrogen (secondary N) is 3. The number of carbonyl (C=O) groups is 2. The lowest BCUT2D eigenvalue weighted by molar-refractivity contribution is -0.122. The summed E-state index contributed by atoms with van der Waals surface area (Å²) in [5.41, 5.74) is 0.632. The van der Waals surface area contributed by atoms with E-state index in [4.69, 9.17) is 0 Å². The molecule has 2 heterocycles. The van der Waals surface area contributed by atoms with Crippen LogP contribution in [0.15, 0.2) is 12.4 Å². The number of hydrogen-bond acceptors (Lipinski definition) is 5. The fourth-order valence-electron chi connectivity index (χ4n) is 3.89. The molecule has 2 fully saturated rings. The molecule has 1 saturated carbocycles. The molecule has 8 nitrogen and oxygen atoms in total. The molecule has 1 saturated heterocycles. The quantitative estimate of drug-likeness (QED) is 0.654. The summed E-state index contributed by atoms with van der Waals surface area (Å²) in [6, 6.07) is 0.369. The van der Waals surface area contributed by atoms with Gasteiger partial charge in [-0.05, 0) is 39.3 Å². The third-order valence-corrected chi connectivity index (χ3v) is 5.27. The molecule has 3 N–H and O–H groups in total. The van der Waals surface area contributed by atoms with Gasteiger partial charge in [-0.3, -0.25) is 14.3 Å². The normalized spacial score (nSPS) is 25.1. The molecule has 0 bridgehead atoms. The van der Waals surface area contributed by atoms with Crippen molar-refractivity contribution < 1.29 is 9.59 Å². The van der Waals surface area contributed by atoms with Crippen LogP contribution < -0.4 is 16.0 Å². The van der Waals surface area contributed by atoms with Crippen molar-refractivity contribution in [2.45, 2.75) is 50.7 Å². The zero-order chi connectivity index (χ0) is 18.5. The minimum atomic E-state index is -0.124. The summed E-state index contributed by atoms with van der Waals surface area (Å²) in [5.74, 6) is 0.539. The van der Waals surface area contributed by atoms with E-state index in [1.807, 2.05) is 19.0 Å². The van der Waals surface area contributed by atoms with E-state index < -0.39 is 0 Å². The van der Waals surface area contributed by atoms with Crippen molar-refractivity contribution in [1.82, 2.24) is 25.3 Å². The summed E-state index contributed by atoms with van der Waals surface area (Å²) in [4.78, 5) is 26.4. The molecule has 1 aliphatic carbocycles. The fourth-order valence-corrected chi connectivity index (χ4v) is 3.89. The molecule has 3 unspecified atom stereocenters. The second-order valence-corrected chi connectivity index (χ2v) is 7.68. The van der Waals surface area contributed by atoms with Crippen LogP contribution in [0.4, 0.5) is 5.69 Å². The Labute approximate surface area is 154 Å². The van der Waals surface area contributed by atoms with Crippen molar-refractivity contribution in [3.8, 4) is 0 Å². The molecule has 1 aliphatic heterocycles. The maximum Gasteiger partial charge on any atom is 0.241 e. The van der Waals surface area contributed by atoms with Crippen molar-refractivity contribution in [3.63, 3.8) is 0 Å². The Morgan fingerprint density at radius 3 is 2.92 bits per heavy atom. The molecule has 144 valence electrons. The molecular weight excluding hydrogens is 332 g/mol. The number of fused-ring (bicyclic) bond motifs is 1. The number of nitrogens with zero attached hydrogens (tertiary/aromatic N) is 3. The van der Waals surface area contributed by atoms with Crippen LogP contribution in [0.3, 0.4) is 0 Å². The molecule has 1 aromatic heterocycles. The van der Waals surface area contributed by atoms with Gasteiger partial charge in [0.15, 0.2) is 0 Å². The van der Waals surface area contributed by atoms with E-state index in [9.17, 15) is 9.59 Å². The van der Waals surface area contributed by atoms with Crippen LogP contribution in [0.2, 0.25) is 0 Å². The van der Waals surface area contributed by atoms with Crippen molar-refractivity contribution in [2.75, 3.05) is 32.5 Å². The van der Waals surface area contributed by atoms with Gasteiger partial charge in [-0.15, -0.1) is 0 Å². The van der Waals surface area contributed by atoms with E-state index >= 15 is 0 Å². The van der Waals surface area contributed by atoms with Gasteiger partial charge in [0.2, 0.25) is 11.8 Å². The van der Waals surface area contributed by atoms with Gasteiger partial charge in [-0.2, -0.15) is 5.10 Å². The van der Waals surface area contributed by atoms with E-state index in [0.717, 1.165) is 13.0 Å². The number of carbonyl (C=O) groups excluding carboxylic acids is 2. The minimum Gasteiger partial charge on any atom is -0.353 e. The van der Waals surface area contributed by atoms with Gasteiger partial charge in [0.1, 0.15) is 6.54 Å². The Kier molecular flexibility index (Phi) is 6.26. The molecule has 0 spiro atoms. The monoisotopic (exact) mass is 362 g/mol. The molecule has 8 heteroatoms. The third-order valence-electron chi connectivity index (χ3n) is 5.27. The fraction of sp³-hybridized carbons (Fsp3) is 0.722. The standard InChI is InChI=1S/C18H30N6O2/c1-23(2)8-7-19-17(25)12-24-11-14(10-20-24)21-18(26)16-9-13-5-3-4-6-15(13)22-16/h10-11,13,15-16,22H,3-9,12H2,1-2H3,(H,19,25)(H,21,26). The van der Waals surface area contributed by atoms with Gasteiger partial charge in [0.25, 0.3) is 0 Å². The topological polar surface area (TPSA) is 91.3 Å². The molecule has 1 aromatic rings. The summed E-state index contributed by atoms with van der Waals surface area (Å²) in [5, 5.41) is 13.4. The molecule has 3 atom stereocenters. The van der Waals surface area contributed by atoms with Crippen molar-refractivity contribution in [3.05, 3.63) is 12.4 Å². The smallest absolute Gasteiger partial charge is 0.241 e. The van der Waals surface area contributed by atoms with E-state index in [0.29, 0.717) is 24.2 Å². The van der Waals surface area contributed by atoms with Crippen LogP contribution in [-0.4, -0.2) is 65.8 Å². The predicted octanol–water partition coefficient (Wildman–Crippen LogP) is 0.420. The van der Waals surface area contributed by atoms with Crippen LogP contribution in [0.1, 0.15) is 32.1 Å². The van der Waals surface area contributed by atoms with Crippen LogP contribution >= 0.6 is 0 Å². The highest BCUT2D eigenvalue weighted by Crippen LogP contribution is 2.33. The molecule has 2 amide bonds. The van der Waals surface area contributed by atoms with Crippen LogP contribution in [0, 0.1) is 5.92 Å². The number of rotatable bonds is 7. The maximum atomic E-state index is 12.5. The summed E-state index contributed by atoms with van der Waals surface area (Å²) >= 11 is 0. The Balaban J connectivity index is 1.44. The Morgan fingerprint density at radius 1 is 1.35 bits per heavy atom. The largest absolute Gasteiger partial charge is 0.353 e. The van der Waals surface area contributed by atoms with E-state index in [2.05, 4.69) is 21.0 Å². The van der Waals surface area contributed by atoms with E-state index in [1.54, 1.807) is 17.1 Å². The molecule has 2 aliphatic rings. The summed E-state index contributed by atoms with van der Waals surface area (Å²) in [6.07, 6.45) is 9.14. The minimum absolute atomic E-state index is 0.00520. The lowest BCUT2D eigenvalue weighted by atomic mass is 9.85. The first-order valence-electron chi connectivity index (χ1n) is 9.52. The van der Waals surface area contributed by atoms with Crippen molar-refractivity contribution >= 4 is 17.5 Å². The van der Waals surface area contributed by atoms with Gasteiger partial charge in [0.05, 0.1) is 17.9 Å². The maximum absolute atomic E-state index is 12.5. The molecule has 26 heavy (non-hydrogen) atoms. The third kappa shape index (κ3) is 5.04. The van der Waals surface area contributed by atoms with Gasteiger partial charge in [0, 0.05) is 25.3 Å². The Morgan fingerprint density at radius 2 is 2.15 bits per heavy atom. The Hall–Kier alpha value is -1.93. The summed E-state index contributed by atoms with van der Waals surface area (Å²) < 4.78 is 1.54. The highest BCUT2D eigenvalue weighted by Gasteiger charge is 2.38. The molecule has 0 radical (unpaired) electrons. The van der Waals surface area contributed by atoms with Gasteiger partial charge in [-0.25, -0.2) is 0 Å². The van der Waals surface area contributed by atoms with Crippen molar-refractivity contribution in [2.24, 2.45) is 5.92 Å². The Bertz CT molecular complexity index is 615. The predicted molar refractivity (Wildman–Crippen MR) is 99.7 cm³/mol. The molecular formula is C18H30N6O2. The van der Waals surface area contributed by atoms with Gasteiger partial charge < -0.3 is 20.9 Å². The first-order chi connectivity index (χ1) is 12.5. The first kappa shape index (κ1) is 18.8. The highest BCUT2D eigenvalue weighted by molar-refractivity contribution is 5.94. The van der Waals surface area contributed by atoms with E-state index in [-0.39, 0.29) is 24.4 Å². The molecule has 0 aromatic carbocycles. The summed E-state index contributed by atoms with van der Waals surface area (Å²) in [7, 11) is 3.92. The average molecular weight is 362 g/mol. The highest BCUT2D eigenvalue weighted by atomic mass is 16.2. The van der Waals surface area contributed by atoms with E-state index in [1.165, 1.54) is 25.7 Å². The van der Waals surface area contributed by atoms with Crippen molar-refractivity contribution in [1.29, 1.82) is 0 Å².